The number of rotatable bonds is 6. The maximum absolute atomic E-state index is 12.2. The van der Waals surface area contributed by atoms with Gasteiger partial charge in [0, 0.05) is 43.6 Å². The van der Waals surface area contributed by atoms with Crippen molar-refractivity contribution in [2.24, 2.45) is 0 Å². The molecule has 10 heteroatoms. The molecule has 1 amide bonds. The van der Waals surface area contributed by atoms with Gasteiger partial charge in [-0.05, 0) is 30.4 Å². The van der Waals surface area contributed by atoms with E-state index >= 15 is 0 Å². The molecular formula is C27H27N7O3. The molecule has 1 aliphatic heterocycles. The number of pyridine rings is 1. The zero-order chi connectivity index (χ0) is 25.5. The Morgan fingerprint density at radius 2 is 2.16 bits per heavy atom. The molecular weight excluding hydrogens is 470 g/mol. The molecule has 1 saturated heterocycles. The van der Waals surface area contributed by atoms with Crippen LogP contribution in [0, 0.1) is 11.3 Å². The minimum atomic E-state index is -0.0868. The summed E-state index contributed by atoms with van der Waals surface area (Å²) < 4.78 is 12.6. The molecule has 1 unspecified atom stereocenters. The van der Waals surface area contributed by atoms with E-state index in [2.05, 4.69) is 21.4 Å². The standard InChI is InChI=1S/C27H27N7O3/c1-36-15-24(35)33-9-8-18(14-33)34-13-17(12-29-34)25-27-22(31-32-25)10-23(37-2)26(30-27)21-5-3-4-19-16(11-28)6-7-20(19)21/h3-5,10,12-13,16,18H,6-9,14-15H2,1-2H3,(H,31,32)/t16?,18-/m0/s1. The summed E-state index contributed by atoms with van der Waals surface area (Å²) in [5, 5.41) is 21.8. The summed E-state index contributed by atoms with van der Waals surface area (Å²) in [5.41, 5.74) is 7.01. The number of benzene rings is 1. The van der Waals surface area contributed by atoms with Crippen LogP contribution in [-0.4, -0.2) is 69.7 Å². The van der Waals surface area contributed by atoms with Gasteiger partial charge in [0.25, 0.3) is 0 Å². The molecule has 0 radical (unpaired) electrons. The first kappa shape index (κ1) is 23.2. The Morgan fingerprint density at radius 1 is 1.27 bits per heavy atom. The topological polar surface area (TPSA) is 122 Å². The number of H-pyrrole nitrogens is 1. The predicted molar refractivity (Wildman–Crippen MR) is 136 cm³/mol. The van der Waals surface area contributed by atoms with E-state index in [0.717, 1.165) is 58.2 Å². The minimum Gasteiger partial charge on any atom is -0.494 e. The van der Waals surface area contributed by atoms with Crippen molar-refractivity contribution in [2.75, 3.05) is 33.9 Å². The predicted octanol–water partition coefficient (Wildman–Crippen LogP) is 3.47. The second-order valence-electron chi connectivity index (χ2n) is 9.53. The van der Waals surface area contributed by atoms with Crippen molar-refractivity contribution in [3.05, 3.63) is 47.8 Å². The number of carbonyl (C=O) groups excluding carboxylic acids is 1. The summed E-state index contributed by atoms with van der Waals surface area (Å²) in [7, 11) is 3.17. The lowest BCUT2D eigenvalue weighted by Crippen LogP contribution is -2.32. The number of aromatic amines is 1. The van der Waals surface area contributed by atoms with Crippen LogP contribution in [0.3, 0.4) is 0 Å². The molecule has 4 heterocycles. The second-order valence-corrected chi connectivity index (χ2v) is 9.53. The van der Waals surface area contributed by atoms with Gasteiger partial charge in [0.15, 0.2) is 0 Å². The Balaban J connectivity index is 1.36. The lowest BCUT2D eigenvalue weighted by atomic mass is 9.97. The highest BCUT2D eigenvalue weighted by molar-refractivity contribution is 5.93. The summed E-state index contributed by atoms with van der Waals surface area (Å²) in [5.74, 6) is 0.560. The van der Waals surface area contributed by atoms with Crippen molar-refractivity contribution in [1.29, 1.82) is 5.26 Å². The number of hydrogen-bond donors (Lipinski definition) is 1. The molecule has 2 atom stereocenters. The average Bonchev–Trinajstić information content (AvgIpc) is 3.72. The van der Waals surface area contributed by atoms with E-state index in [1.807, 2.05) is 40.0 Å². The van der Waals surface area contributed by atoms with Gasteiger partial charge in [-0.25, -0.2) is 4.98 Å². The van der Waals surface area contributed by atoms with Gasteiger partial charge in [0.2, 0.25) is 5.91 Å². The molecule has 2 aliphatic rings. The van der Waals surface area contributed by atoms with Crippen LogP contribution in [0.25, 0.3) is 33.5 Å². The summed E-state index contributed by atoms with van der Waals surface area (Å²) in [6, 6.07) is 10.5. The largest absolute Gasteiger partial charge is 0.494 e. The maximum atomic E-state index is 12.2. The molecule has 4 aromatic rings. The molecule has 37 heavy (non-hydrogen) atoms. The number of nitriles is 1. The zero-order valence-corrected chi connectivity index (χ0v) is 20.8. The number of fused-ring (bicyclic) bond motifs is 2. The first-order valence-corrected chi connectivity index (χ1v) is 12.4. The van der Waals surface area contributed by atoms with Gasteiger partial charge in [-0.2, -0.15) is 15.5 Å². The molecule has 6 rings (SSSR count). The van der Waals surface area contributed by atoms with Gasteiger partial charge in [0.1, 0.15) is 29.3 Å². The van der Waals surface area contributed by atoms with Crippen molar-refractivity contribution in [1.82, 2.24) is 29.9 Å². The van der Waals surface area contributed by atoms with Gasteiger partial charge in [-0.3, -0.25) is 14.6 Å². The van der Waals surface area contributed by atoms with E-state index in [9.17, 15) is 10.1 Å². The van der Waals surface area contributed by atoms with Crippen molar-refractivity contribution >= 4 is 16.9 Å². The maximum Gasteiger partial charge on any atom is 0.248 e. The average molecular weight is 498 g/mol. The molecule has 1 aliphatic carbocycles. The minimum absolute atomic E-state index is 0.00478. The molecule has 3 aromatic heterocycles. The van der Waals surface area contributed by atoms with Crippen LogP contribution < -0.4 is 4.74 Å². The highest BCUT2D eigenvalue weighted by Crippen LogP contribution is 2.42. The van der Waals surface area contributed by atoms with Crippen molar-refractivity contribution in [2.45, 2.75) is 31.2 Å². The fourth-order valence-electron chi connectivity index (χ4n) is 5.55. The van der Waals surface area contributed by atoms with E-state index < -0.39 is 0 Å². The van der Waals surface area contributed by atoms with Crippen molar-refractivity contribution < 1.29 is 14.3 Å². The number of nitrogens with zero attached hydrogens (tertiary/aromatic N) is 6. The van der Waals surface area contributed by atoms with Crippen molar-refractivity contribution in [3.8, 4) is 34.3 Å². The Bertz CT molecular complexity index is 1530. The third kappa shape index (κ3) is 3.92. The summed E-state index contributed by atoms with van der Waals surface area (Å²) >= 11 is 0. The molecule has 1 fully saturated rings. The number of nitrogens with one attached hydrogen (secondary N) is 1. The van der Waals surface area contributed by atoms with Crippen LogP contribution in [0.1, 0.15) is 35.9 Å². The van der Waals surface area contributed by atoms with E-state index in [-0.39, 0.29) is 24.5 Å². The zero-order valence-electron chi connectivity index (χ0n) is 20.8. The molecule has 0 bridgehead atoms. The number of aromatic nitrogens is 5. The summed E-state index contributed by atoms with van der Waals surface area (Å²) in [6.45, 7) is 1.38. The molecule has 10 nitrogen and oxygen atoms in total. The first-order valence-electron chi connectivity index (χ1n) is 12.4. The van der Waals surface area contributed by atoms with Crippen molar-refractivity contribution in [3.63, 3.8) is 0 Å². The third-order valence-corrected chi connectivity index (χ3v) is 7.43. The smallest absolute Gasteiger partial charge is 0.248 e. The van der Waals surface area contributed by atoms with Gasteiger partial charge >= 0.3 is 0 Å². The van der Waals surface area contributed by atoms with E-state index in [1.54, 1.807) is 13.3 Å². The summed E-state index contributed by atoms with van der Waals surface area (Å²) in [6.07, 6.45) is 6.24. The highest BCUT2D eigenvalue weighted by Gasteiger charge is 2.29. The second kappa shape index (κ2) is 9.33. The van der Waals surface area contributed by atoms with Crippen LogP contribution in [0.2, 0.25) is 0 Å². The Kier molecular flexibility index (Phi) is 5.85. The SMILES string of the molecule is COCC(=O)N1CC[C@H](n2cc(-c3n[nH]c4cc(OC)c(-c5cccc6c5CCC6C#N)nc34)cn2)C1. The Hall–Kier alpha value is -4.23. The molecule has 188 valence electrons. The normalized spacial score (nSPS) is 18.8. The highest BCUT2D eigenvalue weighted by atomic mass is 16.5. The number of ether oxygens (including phenoxy) is 2. The fraction of sp³-hybridized carbons (Fsp3) is 0.370. The van der Waals surface area contributed by atoms with Crippen LogP contribution >= 0.6 is 0 Å². The van der Waals surface area contributed by atoms with E-state index in [1.165, 1.54) is 7.11 Å². The number of amides is 1. The first-order chi connectivity index (χ1) is 18.1. The summed E-state index contributed by atoms with van der Waals surface area (Å²) in [4.78, 5) is 19.0. The molecule has 0 spiro atoms. The van der Waals surface area contributed by atoms with Crippen LogP contribution in [0.4, 0.5) is 0 Å². The van der Waals surface area contributed by atoms with Crippen LogP contribution in [0.5, 0.6) is 5.75 Å². The van der Waals surface area contributed by atoms with Gasteiger partial charge < -0.3 is 14.4 Å². The van der Waals surface area contributed by atoms with Gasteiger partial charge in [-0.1, -0.05) is 18.2 Å². The number of carbonyl (C=O) groups is 1. The Labute approximate surface area is 213 Å². The molecule has 1 aromatic carbocycles. The quantitative estimate of drug-likeness (QED) is 0.433. The lowest BCUT2D eigenvalue weighted by Gasteiger charge is -2.16. The monoisotopic (exact) mass is 497 g/mol. The van der Waals surface area contributed by atoms with Crippen LogP contribution in [0.15, 0.2) is 36.7 Å². The van der Waals surface area contributed by atoms with Gasteiger partial charge in [-0.15, -0.1) is 0 Å². The molecule has 0 saturated carbocycles. The van der Waals surface area contributed by atoms with Crippen LogP contribution in [-0.2, 0) is 16.0 Å². The number of methoxy groups -OCH3 is 2. The Morgan fingerprint density at radius 3 is 2.97 bits per heavy atom. The fourth-order valence-corrected chi connectivity index (χ4v) is 5.55. The third-order valence-electron chi connectivity index (χ3n) is 7.43. The van der Waals surface area contributed by atoms with E-state index in [4.69, 9.17) is 14.5 Å². The van der Waals surface area contributed by atoms with Gasteiger partial charge in [0.05, 0.1) is 36.9 Å². The lowest BCUT2D eigenvalue weighted by molar-refractivity contribution is -0.134. The number of likely N-dealkylation sites (tertiary alicyclic amines) is 1. The number of hydrogen-bond acceptors (Lipinski definition) is 7. The van der Waals surface area contributed by atoms with E-state index in [0.29, 0.717) is 24.5 Å². The molecule has 1 N–H and O–H groups in total.